The molecule has 272 valence electrons. The van der Waals surface area contributed by atoms with Crippen LogP contribution in [0.3, 0.4) is 0 Å². The van der Waals surface area contributed by atoms with Crippen molar-refractivity contribution < 1.29 is 37.8 Å². The average Bonchev–Trinajstić information content (AvgIpc) is 3.06. The van der Waals surface area contributed by atoms with E-state index in [0.717, 1.165) is 42.6 Å². The third kappa shape index (κ3) is 14.8. The topological polar surface area (TPSA) is 122 Å². The van der Waals surface area contributed by atoms with Gasteiger partial charge in [-0.1, -0.05) is 69.4 Å². The molecule has 9 nitrogen and oxygen atoms in total. The van der Waals surface area contributed by atoms with Gasteiger partial charge in [-0.2, -0.15) is 13.2 Å². The molecule has 49 heavy (non-hydrogen) atoms. The molecule has 4 N–H and O–H groups in total. The standard InChI is InChI=1S/C37H53F3N4O5/c1-6-15-31(45)34(47)30(23-27-18-13-10-14-19-27)41-36(49)33(28(7-2)8-3)42-35(48)29(22-26-16-11-9-12-17-26)24-32(46)44(5)21-20-43(4)25-37(38,39)40/h1-2,9,11-12,16-17,27-31,33-34,45,47H,8,10,13-15,18-25H2,3-5H3,(H,41,49)(H,42,48)/t28?,29?,30?,31?,33-,34+/m0/s1. The fourth-order valence-electron chi connectivity index (χ4n) is 6.27. The molecule has 0 bridgehead atoms. The van der Waals surface area contributed by atoms with Gasteiger partial charge in [0.05, 0.1) is 24.6 Å². The molecule has 6 atom stereocenters. The van der Waals surface area contributed by atoms with Crippen LogP contribution in [0.5, 0.6) is 0 Å². The highest BCUT2D eigenvalue weighted by molar-refractivity contribution is 5.91. The Kier molecular flexibility index (Phi) is 17.7. The molecule has 0 radical (unpaired) electrons. The normalized spacial score (nSPS) is 17.4. The van der Waals surface area contributed by atoms with E-state index in [-0.39, 0.29) is 38.3 Å². The van der Waals surface area contributed by atoms with E-state index in [2.05, 4.69) is 22.5 Å². The highest BCUT2D eigenvalue weighted by Gasteiger charge is 2.36. The molecular formula is C37H53F3N4O5. The molecule has 1 aliphatic carbocycles. The van der Waals surface area contributed by atoms with E-state index in [4.69, 9.17) is 12.8 Å². The quantitative estimate of drug-likeness (QED) is 0.165. The molecule has 1 aliphatic rings. The monoisotopic (exact) mass is 690 g/mol. The van der Waals surface area contributed by atoms with Gasteiger partial charge in [-0.3, -0.25) is 19.3 Å². The van der Waals surface area contributed by atoms with Crippen molar-refractivity contribution in [3.63, 3.8) is 0 Å². The van der Waals surface area contributed by atoms with Crippen molar-refractivity contribution in [3.05, 3.63) is 35.9 Å². The van der Waals surface area contributed by atoms with Crippen LogP contribution in [0.1, 0.15) is 70.3 Å². The molecule has 1 aromatic rings. The zero-order chi connectivity index (χ0) is 36.6. The first kappa shape index (κ1) is 41.6. The average molecular weight is 691 g/mol. The minimum absolute atomic E-state index is 0.0152. The molecular weight excluding hydrogens is 637 g/mol. The molecule has 4 unspecified atom stereocenters. The third-order valence-corrected chi connectivity index (χ3v) is 9.22. The van der Waals surface area contributed by atoms with Crippen molar-refractivity contribution >= 4 is 17.7 Å². The highest BCUT2D eigenvalue weighted by Crippen LogP contribution is 2.29. The number of hydrogen-bond acceptors (Lipinski definition) is 6. The number of hydrogen-bond donors (Lipinski definition) is 4. The summed E-state index contributed by atoms with van der Waals surface area (Å²) < 4.78 is 38.3. The van der Waals surface area contributed by atoms with Crippen LogP contribution in [0.4, 0.5) is 13.2 Å². The summed E-state index contributed by atoms with van der Waals surface area (Å²) in [5.74, 6) is 1.82. The first-order chi connectivity index (χ1) is 23.2. The van der Waals surface area contributed by atoms with Crippen molar-refractivity contribution in [2.24, 2.45) is 17.8 Å². The van der Waals surface area contributed by atoms with Crippen molar-refractivity contribution in [2.75, 3.05) is 33.7 Å². The van der Waals surface area contributed by atoms with Gasteiger partial charge in [0.2, 0.25) is 17.7 Å². The zero-order valence-corrected chi connectivity index (χ0v) is 28.9. The van der Waals surface area contributed by atoms with Gasteiger partial charge in [0.25, 0.3) is 0 Å². The number of aliphatic hydroxyl groups is 2. The van der Waals surface area contributed by atoms with Crippen molar-refractivity contribution in [1.29, 1.82) is 0 Å². The number of nitrogens with zero attached hydrogens (tertiary/aromatic N) is 2. The van der Waals surface area contributed by atoms with Crippen molar-refractivity contribution in [1.82, 2.24) is 20.4 Å². The van der Waals surface area contributed by atoms with Crippen LogP contribution in [-0.2, 0) is 20.8 Å². The number of benzene rings is 1. The van der Waals surface area contributed by atoms with Gasteiger partial charge in [-0.15, -0.1) is 24.7 Å². The second kappa shape index (κ2) is 20.8. The van der Waals surface area contributed by atoms with E-state index >= 15 is 0 Å². The van der Waals surface area contributed by atoms with Crippen molar-refractivity contribution in [2.45, 2.75) is 102 Å². The maximum atomic E-state index is 13.9. The Morgan fingerprint density at radius 3 is 2.22 bits per heavy atom. The summed E-state index contributed by atoms with van der Waals surface area (Å²) in [7, 11) is 2.78. The second-order valence-electron chi connectivity index (χ2n) is 13.2. The Labute approximate surface area is 289 Å². The van der Waals surface area contributed by atoms with Gasteiger partial charge in [0.1, 0.15) is 12.1 Å². The summed E-state index contributed by atoms with van der Waals surface area (Å²) in [4.78, 5) is 43.5. The van der Waals surface area contributed by atoms with E-state index in [1.807, 2.05) is 6.07 Å². The summed E-state index contributed by atoms with van der Waals surface area (Å²) in [6, 6.07) is 6.95. The van der Waals surface area contributed by atoms with E-state index in [0.29, 0.717) is 12.8 Å². The summed E-state index contributed by atoms with van der Waals surface area (Å²) >= 11 is 0. The van der Waals surface area contributed by atoms with Crippen LogP contribution < -0.4 is 10.6 Å². The smallest absolute Gasteiger partial charge is 0.389 e. The number of alkyl halides is 3. The molecule has 1 aromatic carbocycles. The summed E-state index contributed by atoms with van der Waals surface area (Å²) in [6.45, 7) is 0.648. The van der Waals surface area contributed by atoms with E-state index < -0.39 is 66.6 Å². The maximum absolute atomic E-state index is 13.9. The van der Waals surface area contributed by atoms with Gasteiger partial charge in [-0.25, -0.2) is 0 Å². The predicted octanol–water partition coefficient (Wildman–Crippen LogP) is 3.53. The lowest BCUT2D eigenvalue weighted by Crippen LogP contribution is -2.57. The molecule has 3 amide bonds. The Hall–Kier alpha value is -3.58. The number of carbonyl (C=O) groups excluding carboxylic acids is 3. The van der Waals surface area contributed by atoms with Crippen LogP contribution >= 0.6 is 0 Å². The summed E-state index contributed by atoms with van der Waals surface area (Å²) in [5, 5.41) is 27.2. The molecule has 0 aliphatic heterocycles. The molecule has 0 heterocycles. The minimum atomic E-state index is -4.37. The summed E-state index contributed by atoms with van der Waals surface area (Å²) in [5.41, 5.74) is 0.770. The number of likely N-dealkylation sites (N-methyl/N-ethyl adjacent to an activating group) is 2. The fraction of sp³-hybridized carbons (Fsp3) is 0.649. The van der Waals surface area contributed by atoms with Crippen LogP contribution in [0.2, 0.25) is 0 Å². The first-order valence-corrected chi connectivity index (χ1v) is 17.1. The second-order valence-corrected chi connectivity index (χ2v) is 13.2. The van der Waals surface area contributed by atoms with Crippen LogP contribution in [0, 0.1) is 42.4 Å². The first-order valence-electron chi connectivity index (χ1n) is 17.1. The highest BCUT2D eigenvalue weighted by atomic mass is 19.4. The molecule has 1 saturated carbocycles. The minimum Gasteiger partial charge on any atom is -0.389 e. The Balaban J connectivity index is 2.28. The van der Waals surface area contributed by atoms with Crippen LogP contribution in [0.25, 0.3) is 0 Å². The molecule has 0 aromatic heterocycles. The zero-order valence-electron chi connectivity index (χ0n) is 28.9. The van der Waals surface area contributed by atoms with Crippen LogP contribution in [0.15, 0.2) is 30.3 Å². The van der Waals surface area contributed by atoms with E-state index in [1.165, 1.54) is 19.0 Å². The lowest BCUT2D eigenvalue weighted by molar-refractivity contribution is -0.144. The lowest BCUT2D eigenvalue weighted by atomic mass is 9.82. The molecule has 0 saturated heterocycles. The fourth-order valence-corrected chi connectivity index (χ4v) is 6.27. The van der Waals surface area contributed by atoms with Crippen molar-refractivity contribution in [3.8, 4) is 24.7 Å². The van der Waals surface area contributed by atoms with Crippen LogP contribution in [-0.4, -0.2) is 102 Å². The van der Waals surface area contributed by atoms with Gasteiger partial charge < -0.3 is 25.7 Å². The Morgan fingerprint density at radius 1 is 1.00 bits per heavy atom. The maximum Gasteiger partial charge on any atom is 0.401 e. The number of aliphatic hydroxyl groups excluding tert-OH is 2. The van der Waals surface area contributed by atoms with Gasteiger partial charge in [-0.05, 0) is 37.8 Å². The van der Waals surface area contributed by atoms with E-state index in [1.54, 1.807) is 31.2 Å². The third-order valence-electron chi connectivity index (χ3n) is 9.22. The Bertz CT molecular complexity index is 1260. The molecule has 0 spiro atoms. The molecule has 1 fully saturated rings. The largest absolute Gasteiger partial charge is 0.401 e. The number of rotatable bonds is 19. The van der Waals surface area contributed by atoms with Gasteiger partial charge >= 0.3 is 6.18 Å². The number of terminal acetylenes is 2. The predicted molar refractivity (Wildman–Crippen MR) is 183 cm³/mol. The number of nitrogens with one attached hydrogen (secondary N) is 2. The number of amides is 3. The molecule has 12 heteroatoms. The van der Waals surface area contributed by atoms with Gasteiger partial charge in [0, 0.05) is 38.9 Å². The Morgan fingerprint density at radius 2 is 1.65 bits per heavy atom. The van der Waals surface area contributed by atoms with Gasteiger partial charge in [0.15, 0.2) is 0 Å². The number of halogens is 3. The SMILES string of the molecule is C#CCC(O)[C@H](O)C(CC1CCCCC1)NC(=O)[C@@H](NC(=O)C(CC(=O)N(C)CCN(C)CC(F)(F)F)Cc1ccccc1)C(C#C)CC. The number of carbonyl (C=O) groups is 3. The molecule has 2 rings (SSSR count). The summed E-state index contributed by atoms with van der Waals surface area (Å²) in [6.07, 6.45) is 9.75. The van der Waals surface area contributed by atoms with E-state index in [9.17, 15) is 37.8 Å². The lowest BCUT2D eigenvalue weighted by Gasteiger charge is -2.34.